The summed E-state index contributed by atoms with van der Waals surface area (Å²) in [5, 5.41) is 0. The Labute approximate surface area is 148 Å². The van der Waals surface area contributed by atoms with Crippen LogP contribution < -0.4 is 5.73 Å². The molecule has 136 valence electrons. The van der Waals surface area contributed by atoms with Gasteiger partial charge in [0.25, 0.3) is 10.0 Å². The molecule has 0 bridgehead atoms. The van der Waals surface area contributed by atoms with Crippen molar-refractivity contribution in [3.8, 4) is 0 Å². The van der Waals surface area contributed by atoms with Crippen LogP contribution in [0.4, 0.5) is 0 Å². The van der Waals surface area contributed by atoms with Crippen LogP contribution in [0, 0.1) is 0 Å². The number of carbonyl (C=O) groups is 1. The fourth-order valence-electron chi connectivity index (χ4n) is 3.49. The zero-order chi connectivity index (χ0) is 18.0. The van der Waals surface area contributed by atoms with E-state index in [9.17, 15) is 13.2 Å². The Hall–Kier alpha value is -1.93. The largest absolute Gasteiger partial charge is 0.358 e. The van der Waals surface area contributed by atoms with Crippen LogP contribution in [0.5, 0.6) is 0 Å². The molecule has 1 amide bonds. The van der Waals surface area contributed by atoms with Crippen LogP contribution in [0.3, 0.4) is 0 Å². The summed E-state index contributed by atoms with van der Waals surface area (Å²) in [6.45, 7) is 1.86. The van der Waals surface area contributed by atoms with E-state index in [1.165, 1.54) is 0 Å². The van der Waals surface area contributed by atoms with E-state index in [0.29, 0.717) is 37.3 Å². The highest BCUT2D eigenvalue weighted by atomic mass is 32.2. The average Bonchev–Trinajstić information content (AvgIpc) is 3.17. The number of fused-ring (bicyclic) bond motifs is 1. The number of benzene rings is 1. The van der Waals surface area contributed by atoms with Crippen molar-refractivity contribution >= 4 is 21.8 Å². The highest BCUT2D eigenvalue weighted by Crippen LogP contribution is 2.27. The second-order valence-electron chi connectivity index (χ2n) is 6.53. The molecular formula is C17H24N4O3S. The Morgan fingerprint density at radius 1 is 1.40 bits per heavy atom. The highest BCUT2D eigenvalue weighted by Gasteiger charge is 2.31. The standard InChI is InChI=1S/C17H24N4O3S/c1-20(10-5-9-16(22)21-11-4-6-13(21)12-18)17-14-7-2-3-8-15(14)25(23,24)19-17/h2-3,7-8,13H,4-6,9-12,18H2,1H3. The second-order valence-corrected chi connectivity index (χ2v) is 8.10. The van der Waals surface area contributed by atoms with Crippen molar-refractivity contribution < 1.29 is 13.2 Å². The third kappa shape index (κ3) is 3.55. The molecule has 0 aromatic heterocycles. The first-order valence-electron chi connectivity index (χ1n) is 8.59. The molecule has 7 nitrogen and oxygen atoms in total. The molecule has 2 aliphatic heterocycles. The molecule has 1 fully saturated rings. The van der Waals surface area contributed by atoms with Gasteiger partial charge in [0.15, 0.2) is 0 Å². The molecule has 1 unspecified atom stereocenters. The van der Waals surface area contributed by atoms with Gasteiger partial charge in [-0.2, -0.15) is 8.42 Å². The van der Waals surface area contributed by atoms with E-state index in [2.05, 4.69) is 4.40 Å². The third-order valence-corrected chi connectivity index (χ3v) is 6.15. The zero-order valence-electron chi connectivity index (χ0n) is 14.4. The number of hydrogen-bond donors (Lipinski definition) is 1. The van der Waals surface area contributed by atoms with Crippen molar-refractivity contribution in [1.29, 1.82) is 0 Å². The van der Waals surface area contributed by atoms with Crippen molar-refractivity contribution in [1.82, 2.24) is 9.80 Å². The van der Waals surface area contributed by atoms with Crippen LogP contribution in [0.2, 0.25) is 0 Å². The summed E-state index contributed by atoms with van der Waals surface area (Å²) in [7, 11) is -1.80. The number of nitrogens with zero attached hydrogens (tertiary/aromatic N) is 3. The van der Waals surface area contributed by atoms with Gasteiger partial charge in [-0.1, -0.05) is 12.1 Å². The van der Waals surface area contributed by atoms with Crippen LogP contribution >= 0.6 is 0 Å². The Morgan fingerprint density at radius 3 is 2.92 bits per heavy atom. The number of rotatable bonds is 5. The molecule has 1 aromatic carbocycles. The first kappa shape index (κ1) is 17.9. The van der Waals surface area contributed by atoms with Gasteiger partial charge in [0.2, 0.25) is 5.91 Å². The number of amides is 1. The van der Waals surface area contributed by atoms with Crippen LogP contribution in [0.25, 0.3) is 0 Å². The molecule has 0 aliphatic carbocycles. The Balaban J connectivity index is 1.59. The summed E-state index contributed by atoms with van der Waals surface area (Å²) in [6.07, 6.45) is 3.07. The molecule has 0 spiro atoms. The van der Waals surface area contributed by atoms with Crippen LogP contribution in [-0.4, -0.2) is 62.7 Å². The molecular weight excluding hydrogens is 340 g/mol. The first-order valence-corrected chi connectivity index (χ1v) is 10.0. The Kier molecular flexibility index (Phi) is 5.10. The summed E-state index contributed by atoms with van der Waals surface area (Å²) in [6, 6.07) is 6.99. The van der Waals surface area contributed by atoms with Gasteiger partial charge < -0.3 is 15.5 Å². The van der Waals surface area contributed by atoms with E-state index in [1.807, 2.05) is 4.90 Å². The van der Waals surface area contributed by atoms with E-state index in [-0.39, 0.29) is 16.8 Å². The number of amidine groups is 1. The lowest BCUT2D eigenvalue weighted by atomic mass is 10.1. The van der Waals surface area contributed by atoms with E-state index in [4.69, 9.17) is 5.73 Å². The molecule has 25 heavy (non-hydrogen) atoms. The zero-order valence-corrected chi connectivity index (χ0v) is 15.2. The van der Waals surface area contributed by atoms with Crippen LogP contribution in [0.15, 0.2) is 33.6 Å². The SMILES string of the molecule is CN(CCCC(=O)N1CCCC1CN)C1=NS(=O)(=O)c2ccccc21. The molecule has 8 heteroatoms. The maximum Gasteiger partial charge on any atom is 0.285 e. The van der Waals surface area contributed by atoms with Gasteiger partial charge in [0.05, 0.1) is 0 Å². The monoisotopic (exact) mass is 364 g/mol. The first-order chi connectivity index (χ1) is 11.9. The predicted octanol–water partition coefficient (Wildman–Crippen LogP) is 0.797. The highest BCUT2D eigenvalue weighted by molar-refractivity contribution is 7.90. The Morgan fingerprint density at radius 2 is 2.16 bits per heavy atom. The van der Waals surface area contributed by atoms with E-state index in [1.54, 1.807) is 36.2 Å². The lowest BCUT2D eigenvalue weighted by Crippen LogP contribution is -2.40. The molecule has 1 saturated heterocycles. The third-order valence-electron chi connectivity index (χ3n) is 4.83. The van der Waals surface area contributed by atoms with Gasteiger partial charge >= 0.3 is 0 Å². The van der Waals surface area contributed by atoms with Gasteiger partial charge in [0.1, 0.15) is 10.7 Å². The van der Waals surface area contributed by atoms with Crippen molar-refractivity contribution in [2.45, 2.75) is 36.6 Å². The van der Waals surface area contributed by atoms with E-state index < -0.39 is 10.0 Å². The summed E-state index contributed by atoms with van der Waals surface area (Å²) < 4.78 is 28.1. The fraction of sp³-hybridized carbons (Fsp3) is 0.529. The average molecular weight is 364 g/mol. The minimum Gasteiger partial charge on any atom is -0.358 e. The van der Waals surface area contributed by atoms with Crippen molar-refractivity contribution in [3.63, 3.8) is 0 Å². The minimum absolute atomic E-state index is 0.128. The van der Waals surface area contributed by atoms with E-state index in [0.717, 1.165) is 19.4 Å². The number of hydrogen-bond acceptors (Lipinski definition) is 5. The molecule has 1 atom stereocenters. The molecule has 3 rings (SSSR count). The Bertz CT molecular complexity index is 791. The van der Waals surface area contributed by atoms with Gasteiger partial charge in [-0.15, -0.1) is 4.40 Å². The number of sulfonamides is 1. The number of nitrogens with two attached hydrogens (primary N) is 1. The van der Waals surface area contributed by atoms with Crippen molar-refractivity contribution in [2.75, 3.05) is 26.7 Å². The molecule has 1 aromatic rings. The summed E-state index contributed by atoms with van der Waals surface area (Å²) in [5.74, 6) is 0.576. The van der Waals surface area contributed by atoms with Gasteiger partial charge in [0, 0.05) is 44.7 Å². The predicted molar refractivity (Wildman–Crippen MR) is 95.8 cm³/mol. The maximum absolute atomic E-state index is 12.3. The summed E-state index contributed by atoms with van der Waals surface area (Å²) in [4.78, 5) is 16.3. The normalized spacial score (nSPS) is 21.1. The number of likely N-dealkylation sites (tertiary alicyclic amines) is 1. The number of carbonyl (C=O) groups excluding carboxylic acids is 1. The maximum atomic E-state index is 12.3. The topological polar surface area (TPSA) is 96.1 Å². The van der Waals surface area contributed by atoms with Gasteiger partial charge in [-0.25, -0.2) is 0 Å². The lowest BCUT2D eigenvalue weighted by molar-refractivity contribution is -0.132. The molecule has 2 aliphatic rings. The van der Waals surface area contributed by atoms with Gasteiger partial charge in [-0.3, -0.25) is 4.79 Å². The summed E-state index contributed by atoms with van der Waals surface area (Å²) >= 11 is 0. The second kappa shape index (κ2) is 7.13. The van der Waals surface area contributed by atoms with Crippen molar-refractivity contribution in [3.05, 3.63) is 29.8 Å². The van der Waals surface area contributed by atoms with Crippen LogP contribution in [-0.2, 0) is 14.8 Å². The van der Waals surface area contributed by atoms with Gasteiger partial charge in [-0.05, 0) is 31.4 Å². The minimum atomic E-state index is -3.61. The quantitative estimate of drug-likeness (QED) is 0.834. The molecule has 2 N–H and O–H groups in total. The fourth-order valence-corrected chi connectivity index (χ4v) is 4.74. The van der Waals surface area contributed by atoms with E-state index >= 15 is 0 Å². The molecule has 0 radical (unpaired) electrons. The van der Waals surface area contributed by atoms with Crippen molar-refractivity contribution in [2.24, 2.45) is 10.1 Å². The molecule has 0 saturated carbocycles. The summed E-state index contributed by atoms with van der Waals surface area (Å²) in [5.41, 5.74) is 6.34. The molecule has 2 heterocycles. The van der Waals surface area contributed by atoms with Crippen LogP contribution in [0.1, 0.15) is 31.2 Å². The lowest BCUT2D eigenvalue weighted by Gasteiger charge is -2.24. The smallest absolute Gasteiger partial charge is 0.285 e.